The molecule has 0 unspecified atom stereocenters. The maximum Gasteiger partial charge on any atom is -0.172 e. The van der Waals surface area contributed by atoms with Gasteiger partial charge in [0.1, 0.15) is 0 Å². The average Bonchev–Trinajstić information content (AvgIpc) is 3.91. The van der Waals surface area contributed by atoms with Crippen molar-refractivity contribution in [2.45, 2.75) is 111 Å². The topological polar surface area (TPSA) is 0 Å². The second-order valence-corrected chi connectivity index (χ2v) is 21.6. The summed E-state index contributed by atoms with van der Waals surface area (Å²) < 4.78 is 1.42. The normalized spacial score (nSPS) is 12.0. The molecule has 0 N–H and O–H groups in total. The van der Waals surface area contributed by atoms with Gasteiger partial charge in [0, 0.05) is 0 Å². The molecule has 0 atom stereocenters. The summed E-state index contributed by atoms with van der Waals surface area (Å²) in [6.07, 6.45) is 0.944. The summed E-state index contributed by atoms with van der Waals surface area (Å²) in [6.45, 7) is 27.4. The van der Waals surface area contributed by atoms with E-state index in [0.29, 0.717) is 0 Å². The third-order valence-electron chi connectivity index (χ3n) is 11.5. The molecule has 8 rings (SSSR count). The monoisotopic (exact) mass is 932 g/mol. The molecule has 0 fully saturated rings. The second kappa shape index (κ2) is 20.7. The summed E-state index contributed by atoms with van der Waals surface area (Å²) in [6, 6.07) is 61.0. The van der Waals surface area contributed by atoms with Crippen molar-refractivity contribution in [3.63, 3.8) is 0 Å². The molecule has 0 amide bonds. The van der Waals surface area contributed by atoms with Crippen molar-refractivity contribution in [3.8, 4) is 33.4 Å². The largest absolute Gasteiger partial charge is 1.00 e. The molecule has 62 heavy (non-hydrogen) atoms. The molecule has 0 saturated heterocycles. The first kappa shape index (κ1) is 50.6. The van der Waals surface area contributed by atoms with E-state index in [9.17, 15) is 0 Å². The number of fused-ring (bicyclic) bond motifs is 3. The van der Waals surface area contributed by atoms with Gasteiger partial charge in [0.15, 0.2) is 0 Å². The van der Waals surface area contributed by atoms with Gasteiger partial charge in [0.05, 0.1) is 0 Å². The van der Waals surface area contributed by atoms with E-state index in [4.69, 9.17) is 0 Å². The fourth-order valence-electron chi connectivity index (χ4n) is 7.86. The summed E-state index contributed by atoms with van der Waals surface area (Å²) in [5, 5.41) is 0. The van der Waals surface area contributed by atoms with Crippen LogP contribution in [0.15, 0.2) is 158 Å². The first-order valence-corrected chi connectivity index (χ1v) is 22.8. The summed E-state index contributed by atoms with van der Waals surface area (Å²) in [4.78, 5) is 0. The molecule has 0 heterocycles. The first-order valence-electron chi connectivity index (χ1n) is 21.6. The minimum atomic E-state index is 0. The SMILES string of the molecule is CC(C)(C)c1cc2c([c-]c1-c1ccccc1)Cc1cc(-c3ccccc3)c(C(C)(C)C)cc1-2.CC(C)(C)c1ccc([C](=[Zr+2])c2ccc(C(C)(C)C)cc2)cc1.[Cl-].[Cl-].c1cc[cH-]c1. The Morgan fingerprint density at radius 2 is 0.903 bits per heavy atom. The maximum atomic E-state index is 3.88. The van der Waals surface area contributed by atoms with Gasteiger partial charge in [-0.3, -0.25) is 0 Å². The zero-order valence-corrected chi connectivity index (χ0v) is 42.9. The molecule has 0 aromatic heterocycles. The van der Waals surface area contributed by atoms with Crippen molar-refractivity contribution in [2.24, 2.45) is 0 Å². The summed E-state index contributed by atoms with van der Waals surface area (Å²) in [5.74, 6) is 0. The summed E-state index contributed by atoms with van der Waals surface area (Å²) in [5.41, 5.74) is 19.4. The van der Waals surface area contributed by atoms with Gasteiger partial charge in [-0.25, -0.2) is 12.1 Å². The van der Waals surface area contributed by atoms with E-state index in [1.807, 2.05) is 30.3 Å². The van der Waals surface area contributed by atoms with Gasteiger partial charge < -0.3 is 24.8 Å². The van der Waals surface area contributed by atoms with Crippen LogP contribution in [0.5, 0.6) is 0 Å². The van der Waals surface area contributed by atoms with E-state index < -0.39 is 0 Å². The predicted molar refractivity (Wildman–Crippen MR) is 257 cm³/mol. The third kappa shape index (κ3) is 12.4. The molecule has 0 aliphatic heterocycles. The second-order valence-electron chi connectivity index (χ2n) is 20.4. The van der Waals surface area contributed by atoms with E-state index in [1.165, 1.54) is 105 Å². The van der Waals surface area contributed by atoms with Crippen molar-refractivity contribution < 1.29 is 49.0 Å². The van der Waals surface area contributed by atoms with Gasteiger partial charge in [-0.1, -0.05) is 131 Å². The number of halogens is 2. The van der Waals surface area contributed by atoms with Gasteiger partial charge in [0.25, 0.3) is 0 Å². The van der Waals surface area contributed by atoms with Gasteiger partial charge in [-0.05, 0) is 39.5 Å². The van der Waals surface area contributed by atoms with Crippen LogP contribution in [0.3, 0.4) is 0 Å². The number of hydrogen-bond acceptors (Lipinski definition) is 0. The number of benzene rings is 6. The smallest absolute Gasteiger partial charge is 0.172 e. The van der Waals surface area contributed by atoms with E-state index in [2.05, 4.69) is 217 Å². The Bertz CT molecular complexity index is 2320. The number of hydrogen-bond donors (Lipinski definition) is 0. The molecule has 320 valence electrons. The molecule has 1 aliphatic carbocycles. The van der Waals surface area contributed by atoms with Gasteiger partial charge in [-0.2, -0.15) is 18.2 Å². The van der Waals surface area contributed by atoms with Crippen LogP contribution >= 0.6 is 0 Å². The fourth-order valence-corrected chi connectivity index (χ4v) is 8.68. The Balaban J connectivity index is 0.000000252. The van der Waals surface area contributed by atoms with Crippen LogP contribution in [0.25, 0.3) is 33.4 Å². The van der Waals surface area contributed by atoms with Crippen LogP contribution in [0.4, 0.5) is 0 Å². The molecule has 0 nitrogen and oxygen atoms in total. The molecule has 0 radical (unpaired) electrons. The van der Waals surface area contributed by atoms with Crippen LogP contribution in [0.1, 0.15) is 128 Å². The Morgan fingerprint density at radius 1 is 0.468 bits per heavy atom. The Morgan fingerprint density at radius 3 is 1.31 bits per heavy atom. The van der Waals surface area contributed by atoms with Gasteiger partial charge >= 0.3 is 151 Å². The predicted octanol–water partition coefficient (Wildman–Crippen LogP) is 9.80. The average molecular weight is 935 g/mol. The molecule has 7 aromatic carbocycles. The van der Waals surface area contributed by atoms with Crippen molar-refractivity contribution >= 4 is 3.21 Å². The zero-order valence-electron chi connectivity index (χ0n) is 39.0. The van der Waals surface area contributed by atoms with Gasteiger partial charge in [0.2, 0.25) is 0 Å². The minimum absolute atomic E-state index is 0. The van der Waals surface area contributed by atoms with Crippen LogP contribution in [0, 0.1) is 6.07 Å². The molecule has 1 aliphatic rings. The third-order valence-corrected chi connectivity index (χ3v) is 12.9. The van der Waals surface area contributed by atoms with Crippen LogP contribution in [0.2, 0.25) is 0 Å². The van der Waals surface area contributed by atoms with E-state index in [0.717, 1.165) is 6.42 Å². The van der Waals surface area contributed by atoms with Crippen molar-refractivity contribution in [1.29, 1.82) is 0 Å². The molecular weight excluding hydrogens is 871 g/mol. The van der Waals surface area contributed by atoms with Crippen molar-refractivity contribution in [2.75, 3.05) is 0 Å². The van der Waals surface area contributed by atoms with Crippen LogP contribution in [-0.2, 0) is 52.3 Å². The van der Waals surface area contributed by atoms with Crippen LogP contribution in [-0.4, -0.2) is 3.21 Å². The summed E-state index contributed by atoms with van der Waals surface area (Å²) in [7, 11) is 0. The molecule has 0 bridgehead atoms. The Kier molecular flexibility index (Phi) is 16.9. The maximum absolute atomic E-state index is 3.88. The van der Waals surface area contributed by atoms with Gasteiger partial charge in [-0.15, -0.1) is 28.8 Å². The Hall–Kier alpha value is -4.00. The van der Waals surface area contributed by atoms with Crippen LogP contribution < -0.4 is 24.8 Å². The molecule has 0 spiro atoms. The van der Waals surface area contributed by atoms with E-state index >= 15 is 0 Å². The fraction of sp³-hybridized carbons (Fsp3) is 0.288. The molecule has 7 aromatic rings. The standard InChI is InChI=1S/C33H33.C21H26.C5H5.2ClH.Zr/c1-32(2,3)30-20-26-24(18-28(30)22-13-9-7-10-14-22)17-25-19-29(23-15-11-8-12-16-23)31(21-27(25)26)33(4,5)6;1-20(2,3)18-11-7-16(8-12-18)15-17-9-13-19(14-10-17)21(4,5)6;1-2-4-5-3-1;;;/h7-16,18,20-21H,17H2,1-6H3;7-14H,1-6H3;1-5H;2*1H;/q-1;;-1;;;+2/p-2. The minimum Gasteiger partial charge on any atom is -1.00 e. The van der Waals surface area contributed by atoms with E-state index in [-0.39, 0.29) is 46.5 Å². The van der Waals surface area contributed by atoms with Crippen molar-refractivity contribution in [3.05, 3.63) is 208 Å². The van der Waals surface area contributed by atoms with E-state index in [1.54, 1.807) is 0 Å². The molecule has 0 saturated carbocycles. The zero-order chi connectivity index (χ0) is 43.5. The quantitative estimate of drug-likeness (QED) is 0.154. The molecular formula is C59H64Cl2Zr-2. The first-order chi connectivity index (χ1) is 28.2. The molecule has 3 heteroatoms. The Labute approximate surface area is 402 Å². The summed E-state index contributed by atoms with van der Waals surface area (Å²) >= 11 is 1.46. The number of rotatable bonds is 4. The van der Waals surface area contributed by atoms with Crippen molar-refractivity contribution in [1.82, 2.24) is 0 Å².